The van der Waals surface area contributed by atoms with E-state index in [9.17, 15) is 4.79 Å². The summed E-state index contributed by atoms with van der Waals surface area (Å²) in [6, 6.07) is 3.98. The number of hydrogen-bond donors (Lipinski definition) is 1. The van der Waals surface area contributed by atoms with Gasteiger partial charge in [-0.15, -0.1) is 0 Å². The fourth-order valence-electron chi connectivity index (χ4n) is 1.44. The van der Waals surface area contributed by atoms with Crippen LogP contribution in [0.4, 0.5) is 0 Å². The van der Waals surface area contributed by atoms with Gasteiger partial charge < -0.3 is 10.1 Å². The van der Waals surface area contributed by atoms with Gasteiger partial charge in [0.1, 0.15) is 0 Å². The topological polar surface area (TPSA) is 51.2 Å². The van der Waals surface area contributed by atoms with Crippen molar-refractivity contribution in [2.24, 2.45) is 5.92 Å². The van der Waals surface area contributed by atoms with Gasteiger partial charge in [0.15, 0.2) is 0 Å². The number of ether oxygens (including phenoxy) is 1. The Balaban J connectivity index is 2.33. The molecule has 0 aliphatic rings. The van der Waals surface area contributed by atoms with Crippen LogP contribution in [0.15, 0.2) is 23.4 Å². The lowest BCUT2D eigenvalue weighted by molar-refractivity contribution is -0.139. The molecular formula is C14H22N2O2S. The third-order valence-electron chi connectivity index (χ3n) is 2.32. The highest BCUT2D eigenvalue weighted by atomic mass is 32.2. The maximum absolute atomic E-state index is 11.2. The molecule has 0 atom stereocenters. The van der Waals surface area contributed by atoms with E-state index < -0.39 is 0 Å². The van der Waals surface area contributed by atoms with Gasteiger partial charge in [0, 0.05) is 12.7 Å². The van der Waals surface area contributed by atoms with Gasteiger partial charge in [-0.3, -0.25) is 4.79 Å². The molecule has 1 N–H and O–H groups in total. The lowest BCUT2D eigenvalue weighted by Gasteiger charge is -2.07. The highest BCUT2D eigenvalue weighted by Gasteiger charge is 2.04. The van der Waals surface area contributed by atoms with Crippen LogP contribution in [0, 0.1) is 5.92 Å². The summed E-state index contributed by atoms with van der Waals surface area (Å²) in [7, 11) is 0. The Kier molecular flexibility index (Phi) is 7.52. The second kappa shape index (κ2) is 8.93. The van der Waals surface area contributed by atoms with E-state index in [2.05, 4.69) is 24.1 Å². The Labute approximate surface area is 119 Å². The minimum atomic E-state index is -0.197. The Morgan fingerprint density at radius 3 is 2.84 bits per heavy atom. The first-order valence-corrected chi connectivity index (χ1v) is 7.54. The molecule has 0 spiro atoms. The van der Waals surface area contributed by atoms with Crippen LogP contribution >= 0.6 is 11.8 Å². The minimum absolute atomic E-state index is 0.197. The minimum Gasteiger partial charge on any atom is -0.465 e. The van der Waals surface area contributed by atoms with Crippen LogP contribution < -0.4 is 5.32 Å². The molecule has 0 bridgehead atoms. The molecule has 4 nitrogen and oxygen atoms in total. The number of aromatic nitrogens is 1. The first-order chi connectivity index (χ1) is 9.11. The van der Waals surface area contributed by atoms with E-state index in [4.69, 9.17) is 4.74 Å². The van der Waals surface area contributed by atoms with Gasteiger partial charge in [-0.1, -0.05) is 31.7 Å². The zero-order valence-electron chi connectivity index (χ0n) is 11.8. The molecule has 0 saturated carbocycles. The van der Waals surface area contributed by atoms with Crippen LogP contribution in [0.1, 0.15) is 26.3 Å². The largest absolute Gasteiger partial charge is 0.465 e. The summed E-state index contributed by atoms with van der Waals surface area (Å²) in [5.41, 5.74) is 1.15. The summed E-state index contributed by atoms with van der Waals surface area (Å²) in [6.07, 6.45) is 1.85. The molecule has 0 fully saturated rings. The fourth-order valence-corrected chi connectivity index (χ4v) is 2.08. The third-order valence-corrected chi connectivity index (χ3v) is 3.24. The number of carbonyl (C=O) groups excluding carboxylic acids is 1. The smallest absolute Gasteiger partial charge is 0.316 e. The van der Waals surface area contributed by atoms with Gasteiger partial charge >= 0.3 is 5.97 Å². The molecule has 1 heterocycles. The summed E-state index contributed by atoms with van der Waals surface area (Å²) < 4.78 is 4.87. The monoisotopic (exact) mass is 282 g/mol. The van der Waals surface area contributed by atoms with Gasteiger partial charge in [-0.25, -0.2) is 4.98 Å². The SMILES string of the molecule is CCOC(=O)CSc1ccc(CNCC(C)C)cn1. The fraction of sp³-hybridized carbons (Fsp3) is 0.571. The number of esters is 1. The Morgan fingerprint density at radius 1 is 1.47 bits per heavy atom. The third kappa shape index (κ3) is 7.18. The molecule has 0 radical (unpaired) electrons. The number of hydrogen-bond acceptors (Lipinski definition) is 5. The molecule has 5 heteroatoms. The summed E-state index contributed by atoms with van der Waals surface area (Å²) >= 11 is 1.40. The van der Waals surface area contributed by atoms with Crippen molar-refractivity contribution < 1.29 is 9.53 Å². The van der Waals surface area contributed by atoms with Crippen LogP contribution in [-0.4, -0.2) is 29.9 Å². The van der Waals surface area contributed by atoms with E-state index in [0.717, 1.165) is 23.7 Å². The van der Waals surface area contributed by atoms with Crippen LogP contribution in [-0.2, 0) is 16.1 Å². The molecule has 0 aliphatic carbocycles. The zero-order chi connectivity index (χ0) is 14.1. The van der Waals surface area contributed by atoms with Crippen LogP contribution in [0.5, 0.6) is 0 Å². The molecule has 1 aromatic heterocycles. The number of nitrogens with zero attached hydrogens (tertiary/aromatic N) is 1. The number of carbonyl (C=O) groups is 1. The molecule has 0 aromatic carbocycles. The van der Waals surface area contributed by atoms with Crippen molar-refractivity contribution in [3.63, 3.8) is 0 Å². The average molecular weight is 282 g/mol. The normalized spacial score (nSPS) is 10.7. The lowest BCUT2D eigenvalue weighted by atomic mass is 10.2. The van der Waals surface area contributed by atoms with E-state index in [0.29, 0.717) is 18.3 Å². The number of pyridine rings is 1. The van der Waals surface area contributed by atoms with Gasteiger partial charge in [-0.05, 0) is 31.0 Å². The van der Waals surface area contributed by atoms with Gasteiger partial charge in [-0.2, -0.15) is 0 Å². The van der Waals surface area contributed by atoms with E-state index in [1.54, 1.807) is 6.92 Å². The van der Waals surface area contributed by atoms with E-state index in [1.807, 2.05) is 18.3 Å². The molecule has 0 unspecified atom stereocenters. The molecule has 0 amide bonds. The van der Waals surface area contributed by atoms with Crippen LogP contribution in [0.25, 0.3) is 0 Å². The Morgan fingerprint density at radius 2 is 2.26 bits per heavy atom. The number of thioether (sulfide) groups is 1. The second-order valence-electron chi connectivity index (χ2n) is 4.62. The highest BCUT2D eigenvalue weighted by molar-refractivity contribution is 7.99. The second-order valence-corrected chi connectivity index (χ2v) is 5.62. The van der Waals surface area contributed by atoms with Crippen molar-refractivity contribution >= 4 is 17.7 Å². The van der Waals surface area contributed by atoms with Crippen molar-refractivity contribution in [2.45, 2.75) is 32.3 Å². The van der Waals surface area contributed by atoms with Gasteiger partial charge in [0.25, 0.3) is 0 Å². The van der Waals surface area contributed by atoms with Crippen LogP contribution in [0.3, 0.4) is 0 Å². The molecular weight excluding hydrogens is 260 g/mol. The molecule has 1 aromatic rings. The molecule has 106 valence electrons. The summed E-state index contributed by atoms with van der Waals surface area (Å²) in [6.45, 7) is 8.42. The quantitative estimate of drug-likeness (QED) is 0.586. The number of nitrogens with one attached hydrogen (secondary N) is 1. The van der Waals surface area contributed by atoms with Crippen molar-refractivity contribution in [3.05, 3.63) is 23.9 Å². The Hall–Kier alpha value is -1.07. The molecule has 1 rings (SSSR count). The molecule has 19 heavy (non-hydrogen) atoms. The van der Waals surface area contributed by atoms with E-state index in [-0.39, 0.29) is 5.97 Å². The number of rotatable bonds is 8. The van der Waals surface area contributed by atoms with E-state index >= 15 is 0 Å². The van der Waals surface area contributed by atoms with Gasteiger partial charge in [0.2, 0.25) is 0 Å². The van der Waals surface area contributed by atoms with Crippen molar-refractivity contribution in [3.8, 4) is 0 Å². The predicted molar refractivity (Wildman–Crippen MR) is 78.1 cm³/mol. The first-order valence-electron chi connectivity index (χ1n) is 6.56. The molecule has 0 aliphatic heterocycles. The van der Waals surface area contributed by atoms with Crippen molar-refractivity contribution in [2.75, 3.05) is 18.9 Å². The average Bonchev–Trinajstić information content (AvgIpc) is 2.38. The maximum Gasteiger partial charge on any atom is 0.316 e. The Bertz CT molecular complexity index is 380. The predicted octanol–water partition coefficient (Wildman–Crippen LogP) is 2.48. The first kappa shape index (κ1) is 16.0. The highest BCUT2D eigenvalue weighted by Crippen LogP contribution is 2.15. The zero-order valence-corrected chi connectivity index (χ0v) is 12.6. The standard InChI is InChI=1S/C14H22N2O2S/c1-4-18-14(17)10-19-13-6-5-12(9-16-13)8-15-7-11(2)3/h5-6,9,11,15H,4,7-8,10H2,1-3H3. The van der Waals surface area contributed by atoms with E-state index in [1.165, 1.54) is 11.8 Å². The lowest BCUT2D eigenvalue weighted by Crippen LogP contribution is -2.18. The summed E-state index contributed by atoms with van der Waals surface area (Å²) in [5, 5.41) is 4.21. The summed E-state index contributed by atoms with van der Waals surface area (Å²) in [4.78, 5) is 15.5. The van der Waals surface area contributed by atoms with Crippen LogP contribution in [0.2, 0.25) is 0 Å². The molecule has 0 saturated heterocycles. The van der Waals surface area contributed by atoms with Crippen molar-refractivity contribution in [1.29, 1.82) is 0 Å². The summed E-state index contributed by atoms with van der Waals surface area (Å²) in [5.74, 6) is 0.760. The van der Waals surface area contributed by atoms with Gasteiger partial charge in [0.05, 0.1) is 17.4 Å². The maximum atomic E-state index is 11.2. The van der Waals surface area contributed by atoms with Crippen molar-refractivity contribution in [1.82, 2.24) is 10.3 Å².